The number of benzene rings is 4. The van der Waals surface area contributed by atoms with Crippen LogP contribution >= 0.6 is 0 Å². The predicted molar refractivity (Wildman–Crippen MR) is 234 cm³/mol. The summed E-state index contributed by atoms with van der Waals surface area (Å²) in [4.78, 5) is 94.5. The molecule has 0 saturated heterocycles. The number of amides is 6. The van der Waals surface area contributed by atoms with Crippen molar-refractivity contribution in [3.63, 3.8) is 0 Å². The van der Waals surface area contributed by atoms with Crippen molar-refractivity contribution in [3.05, 3.63) is 151 Å². The number of hydrogen-bond donors (Lipinski definition) is 6. The van der Waals surface area contributed by atoms with Crippen LogP contribution in [-0.4, -0.2) is 69.5 Å². The van der Waals surface area contributed by atoms with Crippen LogP contribution in [0.15, 0.2) is 84.9 Å². The highest BCUT2D eigenvalue weighted by Crippen LogP contribution is 2.14. The highest BCUT2D eigenvalue weighted by atomic mass is 19.1. The van der Waals surface area contributed by atoms with Crippen LogP contribution in [0.5, 0.6) is 0 Å². The van der Waals surface area contributed by atoms with Gasteiger partial charge in [-0.2, -0.15) is 0 Å². The van der Waals surface area contributed by atoms with Crippen LogP contribution in [0.2, 0.25) is 0 Å². The SMILES string of the molecule is CCC[C@H](NC(=O)[C@H](C)NC(=O)Cc1cc(F)cc(F)c1)C(=O)NCc1ccc([N+](=O)[O-])cc1.CC[C@H](NC(=O)[C@H](C)NC(=O)Cc1cc(F)cc(F)c1)C(=O)NCc1ccc([N+](=O)[O-])cc1. The largest absolute Gasteiger partial charge is 0.350 e. The maximum absolute atomic E-state index is 13.3. The number of carbonyl (C=O) groups is 6. The van der Waals surface area contributed by atoms with E-state index in [4.69, 9.17) is 0 Å². The van der Waals surface area contributed by atoms with Crippen LogP contribution < -0.4 is 31.9 Å². The van der Waals surface area contributed by atoms with Crippen molar-refractivity contribution in [2.45, 2.75) is 97.1 Å². The Kier molecular flexibility index (Phi) is 21.0. The number of carbonyl (C=O) groups excluding carboxylic acids is 6. The Hall–Kier alpha value is -7.78. The van der Waals surface area contributed by atoms with E-state index in [0.717, 1.165) is 24.3 Å². The molecule has 6 N–H and O–H groups in total. The fourth-order valence-corrected chi connectivity index (χ4v) is 6.11. The molecule has 0 aliphatic rings. The third-order valence-electron chi connectivity index (χ3n) is 9.59. The molecule has 67 heavy (non-hydrogen) atoms. The van der Waals surface area contributed by atoms with E-state index >= 15 is 0 Å². The van der Waals surface area contributed by atoms with Crippen LogP contribution in [0.1, 0.15) is 69.2 Å². The first-order chi connectivity index (χ1) is 31.7. The van der Waals surface area contributed by atoms with Crippen molar-refractivity contribution < 1.29 is 56.2 Å². The van der Waals surface area contributed by atoms with E-state index < -0.39 is 92.7 Å². The summed E-state index contributed by atoms with van der Waals surface area (Å²) in [7, 11) is 0. The van der Waals surface area contributed by atoms with Gasteiger partial charge in [0.15, 0.2) is 0 Å². The standard InChI is InChI=1S/C23H26F2N4O5.C22H24F2N4O5/c1-3-4-20(23(32)26-13-15-5-7-19(8-6-15)29(33)34)28-22(31)14(2)27-21(30)11-16-9-17(24)12-18(25)10-16;1-3-19(22(31)25-12-14-4-6-18(7-5-14)28(32)33)27-21(30)13(2)26-20(29)10-15-8-16(23)11-17(24)9-15/h5-10,12,14,20H,3-4,11,13H2,1-2H3,(H,26,32)(H,27,30)(H,28,31);4-9,11,13,19H,3,10,12H2,1-2H3,(H,25,31)(H,26,29)(H,27,30)/t14-,20-;13-,19-/m00/s1. The fourth-order valence-electron chi connectivity index (χ4n) is 6.11. The van der Waals surface area contributed by atoms with Crippen LogP contribution in [0.4, 0.5) is 28.9 Å². The molecule has 0 saturated carbocycles. The Bertz CT molecular complexity index is 2370. The number of nitro benzene ring substituents is 2. The third-order valence-corrected chi connectivity index (χ3v) is 9.59. The van der Waals surface area contributed by atoms with Gasteiger partial charge in [0.05, 0.1) is 22.7 Å². The summed E-state index contributed by atoms with van der Waals surface area (Å²) in [6.07, 6.45) is 0.587. The van der Waals surface area contributed by atoms with Gasteiger partial charge in [0.1, 0.15) is 47.4 Å². The Morgan fingerprint density at radius 3 is 1.18 bits per heavy atom. The monoisotopic (exact) mass is 938 g/mol. The van der Waals surface area contributed by atoms with Crippen LogP contribution in [-0.2, 0) is 54.7 Å². The van der Waals surface area contributed by atoms with E-state index in [9.17, 15) is 66.6 Å². The van der Waals surface area contributed by atoms with Crippen LogP contribution in [0.3, 0.4) is 0 Å². The lowest BCUT2D eigenvalue weighted by molar-refractivity contribution is -0.385. The number of rotatable bonds is 21. The molecule has 6 amide bonds. The zero-order chi connectivity index (χ0) is 49.8. The second-order valence-electron chi connectivity index (χ2n) is 15.1. The van der Waals surface area contributed by atoms with Crippen LogP contribution in [0.25, 0.3) is 0 Å². The smallest absolute Gasteiger partial charge is 0.269 e. The molecule has 0 aliphatic heterocycles. The third kappa shape index (κ3) is 18.7. The Morgan fingerprint density at radius 2 is 0.851 bits per heavy atom. The molecule has 22 heteroatoms. The lowest BCUT2D eigenvalue weighted by Gasteiger charge is -2.21. The summed E-state index contributed by atoms with van der Waals surface area (Å²) in [5.41, 5.74) is 1.40. The van der Waals surface area contributed by atoms with Gasteiger partial charge < -0.3 is 31.9 Å². The van der Waals surface area contributed by atoms with Gasteiger partial charge in [0.2, 0.25) is 35.4 Å². The first kappa shape index (κ1) is 53.6. The van der Waals surface area contributed by atoms with E-state index in [2.05, 4.69) is 31.9 Å². The summed E-state index contributed by atoms with van der Waals surface area (Å²) in [6, 6.07) is 13.1. The molecule has 0 spiro atoms. The Balaban J connectivity index is 0.000000355. The summed E-state index contributed by atoms with van der Waals surface area (Å²) in [5.74, 6) is -6.57. The molecule has 0 unspecified atom stereocenters. The van der Waals surface area contributed by atoms with E-state index in [-0.39, 0.29) is 54.9 Å². The summed E-state index contributed by atoms with van der Waals surface area (Å²) >= 11 is 0. The lowest BCUT2D eigenvalue weighted by atomic mass is 10.1. The first-order valence-electron chi connectivity index (χ1n) is 20.8. The zero-order valence-electron chi connectivity index (χ0n) is 36.8. The fraction of sp³-hybridized carbons (Fsp3) is 0.333. The molecule has 0 heterocycles. The maximum atomic E-state index is 13.3. The van der Waals surface area contributed by atoms with Gasteiger partial charge in [0, 0.05) is 49.5 Å². The van der Waals surface area contributed by atoms with Gasteiger partial charge in [-0.15, -0.1) is 0 Å². The molecule has 0 aromatic heterocycles. The average molecular weight is 939 g/mol. The van der Waals surface area contributed by atoms with Crippen molar-refractivity contribution >= 4 is 46.8 Å². The topological polar surface area (TPSA) is 261 Å². The van der Waals surface area contributed by atoms with E-state index in [1.54, 1.807) is 6.92 Å². The van der Waals surface area contributed by atoms with Crippen molar-refractivity contribution in [1.82, 2.24) is 31.9 Å². The van der Waals surface area contributed by atoms with Gasteiger partial charge in [-0.1, -0.05) is 44.5 Å². The number of nitro groups is 2. The molecule has 358 valence electrons. The molecular weight excluding hydrogens is 889 g/mol. The van der Waals surface area contributed by atoms with Gasteiger partial charge in [0.25, 0.3) is 11.4 Å². The molecule has 0 aliphatic carbocycles. The second-order valence-corrected chi connectivity index (χ2v) is 15.1. The van der Waals surface area contributed by atoms with Crippen molar-refractivity contribution in [2.75, 3.05) is 0 Å². The lowest BCUT2D eigenvalue weighted by Crippen LogP contribution is -2.52. The normalized spacial score (nSPS) is 12.4. The van der Waals surface area contributed by atoms with E-state index in [1.807, 2.05) is 6.92 Å². The van der Waals surface area contributed by atoms with Gasteiger partial charge >= 0.3 is 0 Å². The van der Waals surface area contributed by atoms with Gasteiger partial charge in [-0.25, -0.2) is 17.6 Å². The number of non-ortho nitro benzene ring substituents is 2. The predicted octanol–water partition coefficient (Wildman–Crippen LogP) is 4.65. The molecule has 4 aromatic rings. The highest BCUT2D eigenvalue weighted by molar-refractivity contribution is 5.93. The van der Waals surface area contributed by atoms with Crippen molar-refractivity contribution in [3.8, 4) is 0 Å². The molecule has 4 atom stereocenters. The summed E-state index contributed by atoms with van der Waals surface area (Å²) < 4.78 is 53.1. The van der Waals surface area contributed by atoms with Crippen molar-refractivity contribution in [2.24, 2.45) is 0 Å². The number of halogens is 4. The van der Waals surface area contributed by atoms with Gasteiger partial charge in [-0.05, 0) is 73.2 Å². The second kappa shape index (κ2) is 26.2. The molecule has 0 fully saturated rings. The Morgan fingerprint density at radius 1 is 0.507 bits per heavy atom. The number of nitrogens with one attached hydrogen (secondary N) is 6. The molecule has 0 bridgehead atoms. The molecule has 0 radical (unpaired) electrons. The molecule has 4 aromatic carbocycles. The molecule has 4 rings (SSSR count). The zero-order valence-corrected chi connectivity index (χ0v) is 36.8. The summed E-state index contributed by atoms with van der Waals surface area (Å²) in [6.45, 7) is 6.60. The minimum absolute atomic E-state index is 0.0650. The minimum Gasteiger partial charge on any atom is -0.350 e. The van der Waals surface area contributed by atoms with Crippen molar-refractivity contribution in [1.29, 1.82) is 0 Å². The number of hydrogen-bond acceptors (Lipinski definition) is 10. The summed E-state index contributed by atoms with van der Waals surface area (Å²) in [5, 5.41) is 36.7. The quantitative estimate of drug-likeness (QED) is 0.0383. The van der Waals surface area contributed by atoms with E-state index in [0.29, 0.717) is 36.1 Å². The van der Waals surface area contributed by atoms with Gasteiger partial charge in [-0.3, -0.25) is 49.0 Å². The molecular formula is C45H50F4N8O10. The van der Waals surface area contributed by atoms with Crippen LogP contribution in [0, 0.1) is 43.5 Å². The average Bonchev–Trinajstić information content (AvgIpc) is 3.25. The van der Waals surface area contributed by atoms with E-state index in [1.165, 1.54) is 62.4 Å². The number of nitrogens with zero attached hydrogens (tertiary/aromatic N) is 2. The Labute approximate surface area is 382 Å². The first-order valence-corrected chi connectivity index (χ1v) is 20.8. The molecule has 18 nitrogen and oxygen atoms in total. The minimum atomic E-state index is -0.993. The highest BCUT2D eigenvalue weighted by Gasteiger charge is 2.25. The maximum Gasteiger partial charge on any atom is 0.269 e.